The van der Waals surface area contributed by atoms with Gasteiger partial charge in [-0.2, -0.15) is 0 Å². The van der Waals surface area contributed by atoms with Crippen molar-refractivity contribution in [1.29, 1.82) is 0 Å². The molecular weight excluding hydrogens is 160 g/mol. The second-order valence-corrected chi connectivity index (χ2v) is 5.39. The highest BCUT2D eigenvalue weighted by Crippen LogP contribution is 2.26. The van der Waals surface area contributed by atoms with E-state index in [2.05, 4.69) is 44.3 Å². The van der Waals surface area contributed by atoms with E-state index in [1.165, 1.54) is 24.3 Å². The molecule has 0 aromatic heterocycles. The van der Waals surface area contributed by atoms with Gasteiger partial charge in [0.15, 0.2) is 0 Å². The molecule has 2 heteroatoms. The van der Waals surface area contributed by atoms with Gasteiger partial charge in [0.2, 0.25) is 0 Å². The third-order valence-corrected chi connectivity index (χ3v) is 3.93. The zero-order chi connectivity index (χ0) is 7.82. The van der Waals surface area contributed by atoms with Crippen molar-refractivity contribution in [2.24, 2.45) is 0 Å². The lowest BCUT2D eigenvalue weighted by molar-refractivity contribution is 0.870. The molecule has 10 heavy (non-hydrogen) atoms. The number of hydrogen-bond acceptors (Lipinski definition) is 2. The Balaban J connectivity index is 3.30. The molecule has 0 aliphatic carbocycles. The molecule has 0 saturated heterocycles. The van der Waals surface area contributed by atoms with Crippen molar-refractivity contribution in [1.82, 2.24) is 0 Å². The predicted octanol–water partition coefficient (Wildman–Crippen LogP) is 3.62. The lowest BCUT2D eigenvalue weighted by Crippen LogP contribution is -1.96. The highest BCUT2D eigenvalue weighted by molar-refractivity contribution is 8.16. The van der Waals surface area contributed by atoms with E-state index in [0.29, 0.717) is 0 Å². The summed E-state index contributed by atoms with van der Waals surface area (Å²) in [5.74, 6) is 2.52. The van der Waals surface area contributed by atoms with Gasteiger partial charge in [-0.25, -0.2) is 0 Å². The minimum atomic E-state index is 0.861. The summed E-state index contributed by atoms with van der Waals surface area (Å²) in [5.41, 5.74) is 0. The Kier molecular flexibility index (Phi) is 8.35. The maximum absolute atomic E-state index is 2.26. The summed E-state index contributed by atoms with van der Waals surface area (Å²) in [4.78, 5) is 0. The van der Waals surface area contributed by atoms with Gasteiger partial charge in [0.05, 0.1) is 4.58 Å². The number of thioether (sulfide) groups is 2. The molecule has 0 spiro atoms. The second-order valence-electron chi connectivity index (χ2n) is 2.13. The molecule has 0 aromatic carbocycles. The van der Waals surface area contributed by atoms with Crippen molar-refractivity contribution in [3.63, 3.8) is 0 Å². The van der Waals surface area contributed by atoms with Gasteiger partial charge in [-0.3, -0.25) is 0 Å². The molecule has 0 rings (SSSR count). The van der Waals surface area contributed by atoms with Gasteiger partial charge in [0, 0.05) is 0 Å². The zero-order valence-electron chi connectivity index (χ0n) is 7.22. The smallest absolute Gasteiger partial charge is 0.0502 e. The first-order chi connectivity index (χ1) is 4.85. The highest BCUT2D eigenvalue weighted by Gasteiger charge is 2.04. The van der Waals surface area contributed by atoms with Crippen molar-refractivity contribution in [2.75, 3.05) is 11.5 Å². The lowest BCUT2D eigenvalue weighted by atomic mass is 10.4. The van der Waals surface area contributed by atoms with Crippen LogP contribution in [0.25, 0.3) is 0 Å². The van der Waals surface area contributed by atoms with Crippen LogP contribution < -0.4 is 0 Å². The molecular formula is C8H18S2. The molecule has 0 aromatic rings. The summed E-state index contributed by atoms with van der Waals surface area (Å²) in [6.07, 6.45) is 2.70. The first kappa shape index (κ1) is 10.7. The van der Waals surface area contributed by atoms with Crippen LogP contribution in [0.15, 0.2) is 0 Å². The molecule has 0 aliphatic heterocycles. The standard InChI is InChI=1S/C8H18S2/c1-4-7-8(9-5-2)10-6-3/h8H,4-7H2,1-3H3. The minimum absolute atomic E-state index is 0.861. The van der Waals surface area contributed by atoms with Crippen molar-refractivity contribution < 1.29 is 0 Å². The first-order valence-electron chi connectivity index (χ1n) is 4.08. The fourth-order valence-electron chi connectivity index (χ4n) is 0.822. The SMILES string of the molecule is CCCC(SCC)SCC. The summed E-state index contributed by atoms with van der Waals surface area (Å²) < 4.78 is 0.861. The molecule has 0 bridgehead atoms. The first-order valence-corrected chi connectivity index (χ1v) is 6.18. The monoisotopic (exact) mass is 178 g/mol. The molecule has 0 N–H and O–H groups in total. The fraction of sp³-hybridized carbons (Fsp3) is 1.00. The Morgan fingerprint density at radius 2 is 1.50 bits per heavy atom. The Morgan fingerprint density at radius 1 is 1.00 bits per heavy atom. The molecule has 0 aliphatic rings. The second kappa shape index (κ2) is 7.80. The quantitative estimate of drug-likeness (QED) is 0.570. The van der Waals surface area contributed by atoms with Crippen LogP contribution in [0, 0.1) is 0 Å². The summed E-state index contributed by atoms with van der Waals surface area (Å²) in [5, 5.41) is 0. The topological polar surface area (TPSA) is 0 Å². The van der Waals surface area contributed by atoms with Crippen molar-refractivity contribution in [3.8, 4) is 0 Å². The van der Waals surface area contributed by atoms with E-state index < -0.39 is 0 Å². The van der Waals surface area contributed by atoms with Crippen LogP contribution in [0.1, 0.15) is 33.6 Å². The van der Waals surface area contributed by atoms with E-state index in [9.17, 15) is 0 Å². The van der Waals surface area contributed by atoms with Crippen LogP contribution in [0.4, 0.5) is 0 Å². The van der Waals surface area contributed by atoms with Crippen LogP contribution >= 0.6 is 23.5 Å². The summed E-state index contributed by atoms with van der Waals surface area (Å²) >= 11 is 4.18. The molecule has 0 atom stereocenters. The van der Waals surface area contributed by atoms with Gasteiger partial charge in [0.1, 0.15) is 0 Å². The largest absolute Gasteiger partial charge is 0.148 e. The third kappa shape index (κ3) is 5.48. The van der Waals surface area contributed by atoms with Crippen molar-refractivity contribution in [3.05, 3.63) is 0 Å². The van der Waals surface area contributed by atoms with Crippen LogP contribution in [0.2, 0.25) is 0 Å². The maximum Gasteiger partial charge on any atom is 0.0502 e. The average Bonchev–Trinajstić information content (AvgIpc) is 1.90. The van der Waals surface area contributed by atoms with Gasteiger partial charge in [-0.05, 0) is 17.9 Å². The molecule has 0 nitrogen and oxygen atoms in total. The van der Waals surface area contributed by atoms with Crippen molar-refractivity contribution in [2.45, 2.75) is 38.2 Å². The summed E-state index contributed by atoms with van der Waals surface area (Å²) in [6, 6.07) is 0. The van der Waals surface area contributed by atoms with E-state index in [-0.39, 0.29) is 0 Å². The molecule has 0 fully saturated rings. The Hall–Kier alpha value is 0.700. The fourth-order valence-corrected chi connectivity index (χ4v) is 3.57. The lowest BCUT2D eigenvalue weighted by Gasteiger charge is -2.12. The zero-order valence-corrected chi connectivity index (χ0v) is 8.86. The minimum Gasteiger partial charge on any atom is -0.148 e. The summed E-state index contributed by atoms with van der Waals surface area (Å²) in [6.45, 7) is 6.74. The Bertz CT molecular complexity index is 50.0. The molecule has 0 saturated carbocycles. The highest BCUT2D eigenvalue weighted by atomic mass is 32.2. The third-order valence-electron chi connectivity index (χ3n) is 1.23. The van der Waals surface area contributed by atoms with Gasteiger partial charge in [-0.15, -0.1) is 23.5 Å². The number of hydrogen-bond donors (Lipinski definition) is 0. The van der Waals surface area contributed by atoms with Crippen molar-refractivity contribution >= 4 is 23.5 Å². The Morgan fingerprint density at radius 3 is 1.80 bits per heavy atom. The number of rotatable bonds is 6. The van der Waals surface area contributed by atoms with Crippen LogP contribution in [-0.4, -0.2) is 16.1 Å². The van der Waals surface area contributed by atoms with Gasteiger partial charge >= 0.3 is 0 Å². The maximum atomic E-state index is 2.26. The normalized spacial score (nSPS) is 10.8. The van der Waals surface area contributed by atoms with Crippen LogP contribution in [0.3, 0.4) is 0 Å². The van der Waals surface area contributed by atoms with Gasteiger partial charge < -0.3 is 0 Å². The average molecular weight is 178 g/mol. The van der Waals surface area contributed by atoms with E-state index >= 15 is 0 Å². The predicted molar refractivity (Wildman–Crippen MR) is 55.0 cm³/mol. The van der Waals surface area contributed by atoms with Gasteiger partial charge in [0.25, 0.3) is 0 Å². The Labute approximate surface area is 73.5 Å². The molecule has 62 valence electrons. The van der Waals surface area contributed by atoms with E-state index in [4.69, 9.17) is 0 Å². The van der Waals surface area contributed by atoms with Crippen LogP contribution in [-0.2, 0) is 0 Å². The van der Waals surface area contributed by atoms with E-state index in [1.807, 2.05) is 0 Å². The van der Waals surface area contributed by atoms with E-state index in [0.717, 1.165) is 4.58 Å². The molecule has 0 heterocycles. The molecule has 0 unspecified atom stereocenters. The van der Waals surface area contributed by atoms with E-state index in [1.54, 1.807) is 0 Å². The van der Waals surface area contributed by atoms with Crippen LogP contribution in [0.5, 0.6) is 0 Å². The van der Waals surface area contributed by atoms with Gasteiger partial charge in [-0.1, -0.05) is 27.2 Å². The summed E-state index contributed by atoms with van der Waals surface area (Å²) in [7, 11) is 0. The molecule has 0 amide bonds. The molecule has 0 radical (unpaired) electrons.